The number of piperazine rings is 1. The molecular formula is C24H27ClN4O2S. The van der Waals surface area contributed by atoms with Crippen LogP contribution in [0.1, 0.15) is 28.8 Å². The average molecular weight is 471 g/mol. The molecule has 32 heavy (non-hydrogen) atoms. The van der Waals surface area contributed by atoms with Crippen LogP contribution in [0.25, 0.3) is 10.1 Å². The number of nitrogens with zero attached hydrogens (tertiary/aromatic N) is 4. The molecule has 0 bridgehead atoms. The molecule has 0 unspecified atom stereocenters. The zero-order chi connectivity index (χ0) is 21.2. The molecule has 2 aliphatic heterocycles. The normalized spacial score (nSPS) is 16.9. The quantitative estimate of drug-likeness (QED) is 0.404. The number of unbranched alkanes of at least 4 members (excludes halogenated alkanes) is 1. The zero-order valence-electron chi connectivity index (χ0n) is 17.9. The lowest BCUT2D eigenvalue weighted by molar-refractivity contribution is -0.128. The Morgan fingerprint density at radius 1 is 0.875 bits per heavy atom. The SMILES string of the molecule is Cl.O=C1Cc2ccccc2C(=O)N1CCCCN1CCN(c2nsc3ccccc23)CC1. The van der Waals surface area contributed by atoms with Crippen LogP contribution in [-0.4, -0.2) is 65.3 Å². The second kappa shape index (κ2) is 9.98. The van der Waals surface area contributed by atoms with Gasteiger partial charge in [0.05, 0.1) is 11.1 Å². The first-order valence-electron chi connectivity index (χ1n) is 10.9. The van der Waals surface area contributed by atoms with Gasteiger partial charge in [-0.1, -0.05) is 30.3 Å². The van der Waals surface area contributed by atoms with Crippen molar-refractivity contribution in [2.75, 3.05) is 44.2 Å². The molecule has 0 atom stereocenters. The van der Waals surface area contributed by atoms with E-state index in [2.05, 4.69) is 38.4 Å². The van der Waals surface area contributed by atoms with Gasteiger partial charge in [-0.2, -0.15) is 4.37 Å². The van der Waals surface area contributed by atoms with Gasteiger partial charge < -0.3 is 4.90 Å². The Labute approximate surface area is 198 Å². The third kappa shape index (κ3) is 4.51. The number of carbonyl (C=O) groups is 2. The molecule has 2 amide bonds. The molecule has 8 heteroatoms. The van der Waals surface area contributed by atoms with Crippen LogP contribution in [0, 0.1) is 0 Å². The first-order valence-corrected chi connectivity index (χ1v) is 11.7. The van der Waals surface area contributed by atoms with E-state index in [1.54, 1.807) is 11.5 Å². The van der Waals surface area contributed by atoms with Crippen LogP contribution >= 0.6 is 23.9 Å². The molecule has 5 rings (SSSR count). The molecule has 0 saturated carbocycles. The summed E-state index contributed by atoms with van der Waals surface area (Å²) in [6.45, 7) is 5.50. The minimum Gasteiger partial charge on any atom is -0.353 e. The summed E-state index contributed by atoms with van der Waals surface area (Å²) in [6, 6.07) is 15.9. The molecule has 0 aliphatic carbocycles. The van der Waals surface area contributed by atoms with Crippen LogP contribution in [0.2, 0.25) is 0 Å². The smallest absolute Gasteiger partial charge is 0.260 e. The van der Waals surface area contributed by atoms with E-state index in [0.717, 1.165) is 56.9 Å². The van der Waals surface area contributed by atoms with E-state index in [0.29, 0.717) is 18.5 Å². The lowest BCUT2D eigenvalue weighted by Crippen LogP contribution is -2.47. The van der Waals surface area contributed by atoms with Gasteiger partial charge in [0.2, 0.25) is 5.91 Å². The second-order valence-electron chi connectivity index (χ2n) is 8.22. The van der Waals surface area contributed by atoms with Gasteiger partial charge in [0.1, 0.15) is 5.82 Å². The zero-order valence-corrected chi connectivity index (χ0v) is 19.5. The third-order valence-electron chi connectivity index (χ3n) is 6.27. The van der Waals surface area contributed by atoms with Crippen molar-refractivity contribution in [3.8, 4) is 0 Å². The first-order chi connectivity index (χ1) is 15.2. The molecule has 0 spiro atoms. The molecule has 1 aromatic heterocycles. The minimum atomic E-state index is -0.143. The molecule has 3 heterocycles. The number of rotatable bonds is 6. The fraction of sp³-hybridized carbons (Fsp3) is 0.375. The predicted molar refractivity (Wildman–Crippen MR) is 131 cm³/mol. The number of aromatic nitrogens is 1. The monoisotopic (exact) mass is 470 g/mol. The highest BCUT2D eigenvalue weighted by molar-refractivity contribution is 7.13. The summed E-state index contributed by atoms with van der Waals surface area (Å²) in [4.78, 5) is 31.3. The Morgan fingerprint density at radius 2 is 1.59 bits per heavy atom. The van der Waals surface area contributed by atoms with Crippen LogP contribution in [0.15, 0.2) is 48.5 Å². The topological polar surface area (TPSA) is 56.8 Å². The maximum atomic E-state index is 12.6. The van der Waals surface area contributed by atoms with Gasteiger partial charge in [-0.05, 0) is 54.7 Å². The van der Waals surface area contributed by atoms with Gasteiger partial charge in [-0.3, -0.25) is 19.4 Å². The molecule has 1 saturated heterocycles. The van der Waals surface area contributed by atoms with Crippen molar-refractivity contribution in [1.29, 1.82) is 0 Å². The number of hydrogen-bond acceptors (Lipinski definition) is 6. The van der Waals surface area contributed by atoms with E-state index in [1.165, 1.54) is 15.0 Å². The molecule has 3 aromatic rings. The van der Waals surface area contributed by atoms with Gasteiger partial charge in [0, 0.05) is 43.7 Å². The Morgan fingerprint density at radius 3 is 2.44 bits per heavy atom. The number of fused-ring (bicyclic) bond motifs is 2. The molecule has 2 aliphatic rings. The molecule has 1 fully saturated rings. The summed E-state index contributed by atoms with van der Waals surface area (Å²) >= 11 is 1.57. The number of benzene rings is 2. The molecule has 168 valence electrons. The van der Waals surface area contributed by atoms with E-state index in [4.69, 9.17) is 0 Å². The number of amides is 2. The maximum Gasteiger partial charge on any atom is 0.260 e. The summed E-state index contributed by atoms with van der Waals surface area (Å²) in [5.74, 6) is 0.895. The molecule has 6 nitrogen and oxygen atoms in total. The summed E-state index contributed by atoms with van der Waals surface area (Å²) in [5, 5.41) is 1.25. The van der Waals surface area contributed by atoms with E-state index >= 15 is 0 Å². The lowest BCUT2D eigenvalue weighted by atomic mass is 9.98. The van der Waals surface area contributed by atoms with Gasteiger partial charge in [0.15, 0.2) is 0 Å². The highest BCUT2D eigenvalue weighted by Crippen LogP contribution is 2.29. The second-order valence-corrected chi connectivity index (χ2v) is 9.03. The van der Waals surface area contributed by atoms with Crippen LogP contribution in [0.3, 0.4) is 0 Å². The summed E-state index contributed by atoms with van der Waals surface area (Å²) in [6.07, 6.45) is 2.16. The van der Waals surface area contributed by atoms with Crippen LogP contribution < -0.4 is 4.90 Å². The van der Waals surface area contributed by atoms with Crippen molar-refractivity contribution in [1.82, 2.24) is 14.2 Å². The van der Waals surface area contributed by atoms with Gasteiger partial charge in [-0.25, -0.2) is 0 Å². The first kappa shape index (κ1) is 22.7. The number of hydrogen-bond donors (Lipinski definition) is 0. The van der Waals surface area contributed by atoms with Crippen LogP contribution in [-0.2, 0) is 11.2 Å². The van der Waals surface area contributed by atoms with E-state index < -0.39 is 0 Å². The molecular weight excluding hydrogens is 444 g/mol. The van der Waals surface area contributed by atoms with E-state index in [-0.39, 0.29) is 24.2 Å². The highest BCUT2D eigenvalue weighted by Gasteiger charge is 2.30. The lowest BCUT2D eigenvalue weighted by Gasteiger charge is -2.35. The summed E-state index contributed by atoms with van der Waals surface area (Å²) in [7, 11) is 0. The Balaban J connectivity index is 0.00000245. The number of anilines is 1. The average Bonchev–Trinajstić information content (AvgIpc) is 3.23. The van der Waals surface area contributed by atoms with Gasteiger partial charge >= 0.3 is 0 Å². The van der Waals surface area contributed by atoms with Crippen molar-refractivity contribution in [3.63, 3.8) is 0 Å². The molecule has 2 aromatic carbocycles. The summed E-state index contributed by atoms with van der Waals surface area (Å²) < 4.78 is 5.92. The van der Waals surface area contributed by atoms with Crippen molar-refractivity contribution >= 4 is 51.7 Å². The minimum absolute atomic E-state index is 0. The number of halogens is 1. The van der Waals surface area contributed by atoms with E-state index in [9.17, 15) is 9.59 Å². The van der Waals surface area contributed by atoms with Gasteiger partial charge in [-0.15, -0.1) is 12.4 Å². The Bertz CT molecular complexity index is 1110. The highest BCUT2D eigenvalue weighted by atomic mass is 35.5. The molecule has 0 radical (unpaired) electrons. The predicted octanol–water partition coefficient (Wildman–Crippen LogP) is 3.85. The standard InChI is InChI=1S/C24H26N4O2S.ClH/c29-22-17-18-7-1-2-8-19(18)24(30)28(22)12-6-5-11-26-13-15-27(16-14-26)23-20-9-3-4-10-21(20)31-25-23;/h1-4,7-10H,5-6,11-17H2;1H. The molecule has 0 N–H and O–H groups in total. The van der Waals surface area contributed by atoms with Crippen LogP contribution in [0.4, 0.5) is 5.82 Å². The fourth-order valence-corrected chi connectivity index (χ4v) is 5.31. The summed E-state index contributed by atoms with van der Waals surface area (Å²) in [5.41, 5.74) is 1.52. The number of imide groups is 1. The maximum absolute atomic E-state index is 12.6. The van der Waals surface area contributed by atoms with Crippen LogP contribution in [0.5, 0.6) is 0 Å². The Hall–Kier alpha value is -2.48. The van der Waals surface area contributed by atoms with Crippen molar-refractivity contribution in [2.45, 2.75) is 19.3 Å². The van der Waals surface area contributed by atoms with Crippen molar-refractivity contribution in [3.05, 3.63) is 59.7 Å². The van der Waals surface area contributed by atoms with Crippen molar-refractivity contribution in [2.24, 2.45) is 0 Å². The largest absolute Gasteiger partial charge is 0.353 e. The Kier molecular flexibility index (Phi) is 7.08. The van der Waals surface area contributed by atoms with Crippen molar-refractivity contribution < 1.29 is 9.59 Å². The van der Waals surface area contributed by atoms with Gasteiger partial charge in [0.25, 0.3) is 5.91 Å². The third-order valence-corrected chi connectivity index (χ3v) is 7.09. The van der Waals surface area contributed by atoms with E-state index in [1.807, 2.05) is 24.3 Å². The number of carbonyl (C=O) groups excluding carboxylic acids is 2. The fourth-order valence-electron chi connectivity index (χ4n) is 4.52.